The molecule has 19 heavy (non-hydrogen) atoms. The maximum absolute atomic E-state index is 2.71. The Hall–Kier alpha value is -1.60. The van der Waals surface area contributed by atoms with Gasteiger partial charge in [0.1, 0.15) is 0 Å². The molecule has 0 aromatic heterocycles. The summed E-state index contributed by atoms with van der Waals surface area (Å²) in [6.45, 7) is 1.24. The average Bonchev–Trinajstić information content (AvgIpc) is 2.83. The number of benzene rings is 2. The van der Waals surface area contributed by atoms with Gasteiger partial charge in [-0.2, -0.15) is 0 Å². The second kappa shape index (κ2) is 4.50. The third-order valence-corrected chi connectivity index (χ3v) is 4.64. The van der Waals surface area contributed by atoms with Gasteiger partial charge in [0.2, 0.25) is 0 Å². The van der Waals surface area contributed by atoms with Gasteiger partial charge in [-0.05, 0) is 36.1 Å². The Balaban J connectivity index is 1.85. The van der Waals surface area contributed by atoms with Crippen molar-refractivity contribution in [2.45, 2.75) is 31.3 Å². The largest absolute Gasteiger partial charge is 0.285 e. The number of nitrogens with zero attached hydrogens (tertiary/aromatic N) is 1. The van der Waals surface area contributed by atoms with E-state index in [4.69, 9.17) is 0 Å². The lowest BCUT2D eigenvalue weighted by atomic mass is 9.96. The summed E-state index contributed by atoms with van der Waals surface area (Å²) in [5, 5.41) is 0. The highest BCUT2D eigenvalue weighted by Crippen LogP contribution is 2.48. The van der Waals surface area contributed by atoms with Gasteiger partial charge >= 0.3 is 0 Å². The predicted molar refractivity (Wildman–Crippen MR) is 78.0 cm³/mol. The van der Waals surface area contributed by atoms with Crippen LogP contribution in [0.3, 0.4) is 0 Å². The zero-order valence-electron chi connectivity index (χ0n) is 11.1. The first-order valence-corrected chi connectivity index (χ1v) is 7.34. The van der Waals surface area contributed by atoms with Gasteiger partial charge < -0.3 is 0 Å². The highest BCUT2D eigenvalue weighted by molar-refractivity contribution is 5.43. The average molecular weight is 249 g/mol. The topological polar surface area (TPSA) is 3.24 Å². The minimum atomic E-state index is 0.475. The molecule has 2 aromatic carbocycles. The maximum atomic E-state index is 2.71. The van der Waals surface area contributed by atoms with E-state index < -0.39 is 0 Å². The molecular weight excluding hydrogens is 230 g/mol. The standard InChI is InChI=1S/C18H19N/c1-2-8-14(9-3-1)18-16-11-5-4-10-15(16)17-12-6-7-13-19(17)18/h1-5,8-11,17-18H,6-7,12-13H2/t17-,18+/m1/s1. The van der Waals surface area contributed by atoms with E-state index in [2.05, 4.69) is 59.5 Å². The Labute approximate surface area is 114 Å². The molecule has 0 spiro atoms. The van der Waals surface area contributed by atoms with Crippen LogP contribution in [0.1, 0.15) is 48.0 Å². The fourth-order valence-corrected chi connectivity index (χ4v) is 3.85. The van der Waals surface area contributed by atoms with Gasteiger partial charge in [-0.1, -0.05) is 61.0 Å². The quantitative estimate of drug-likeness (QED) is 0.727. The second-order valence-electron chi connectivity index (χ2n) is 5.69. The molecule has 1 saturated heterocycles. The van der Waals surface area contributed by atoms with Crippen molar-refractivity contribution in [3.63, 3.8) is 0 Å². The molecule has 0 aliphatic carbocycles. The molecule has 1 heteroatoms. The van der Waals surface area contributed by atoms with Gasteiger partial charge in [-0.25, -0.2) is 0 Å². The Morgan fingerprint density at radius 3 is 2.37 bits per heavy atom. The maximum Gasteiger partial charge on any atom is 0.0610 e. The Morgan fingerprint density at radius 1 is 0.789 bits per heavy atom. The van der Waals surface area contributed by atoms with Gasteiger partial charge in [-0.3, -0.25) is 4.90 Å². The predicted octanol–water partition coefficient (Wildman–Crippen LogP) is 4.32. The lowest BCUT2D eigenvalue weighted by molar-refractivity contribution is 0.139. The number of piperidine rings is 1. The van der Waals surface area contributed by atoms with E-state index in [9.17, 15) is 0 Å². The van der Waals surface area contributed by atoms with E-state index in [-0.39, 0.29) is 0 Å². The van der Waals surface area contributed by atoms with Crippen LogP contribution in [0.5, 0.6) is 0 Å². The summed E-state index contributed by atoms with van der Waals surface area (Å²) in [5.74, 6) is 0. The Kier molecular flexibility index (Phi) is 2.66. The third-order valence-electron chi connectivity index (χ3n) is 4.64. The highest BCUT2D eigenvalue weighted by Gasteiger charge is 2.39. The fourth-order valence-electron chi connectivity index (χ4n) is 3.85. The van der Waals surface area contributed by atoms with Crippen molar-refractivity contribution < 1.29 is 0 Å². The van der Waals surface area contributed by atoms with Crippen molar-refractivity contribution in [2.75, 3.05) is 6.54 Å². The smallest absolute Gasteiger partial charge is 0.0610 e. The molecule has 0 saturated carbocycles. The van der Waals surface area contributed by atoms with Crippen LogP contribution in [-0.4, -0.2) is 11.4 Å². The molecule has 96 valence electrons. The first-order chi connectivity index (χ1) is 9.45. The molecule has 4 rings (SSSR count). The minimum Gasteiger partial charge on any atom is -0.285 e. The lowest BCUT2D eigenvalue weighted by Crippen LogP contribution is -2.31. The monoisotopic (exact) mass is 249 g/mol. The zero-order chi connectivity index (χ0) is 12.7. The summed E-state index contributed by atoms with van der Waals surface area (Å²) in [5.41, 5.74) is 4.54. The fraction of sp³-hybridized carbons (Fsp3) is 0.333. The van der Waals surface area contributed by atoms with Gasteiger partial charge in [0, 0.05) is 6.04 Å². The molecule has 0 unspecified atom stereocenters. The number of fused-ring (bicyclic) bond motifs is 3. The van der Waals surface area contributed by atoms with Crippen molar-refractivity contribution in [3.05, 3.63) is 71.3 Å². The number of hydrogen-bond acceptors (Lipinski definition) is 1. The molecular formula is C18H19N. The van der Waals surface area contributed by atoms with E-state index in [1.807, 2.05) is 0 Å². The SMILES string of the molecule is c1ccc([C@H]2c3ccccc3[C@H]3CCCCN23)cc1. The van der Waals surface area contributed by atoms with Crippen LogP contribution < -0.4 is 0 Å². The molecule has 0 N–H and O–H groups in total. The molecule has 0 bridgehead atoms. The van der Waals surface area contributed by atoms with Gasteiger partial charge in [0.25, 0.3) is 0 Å². The molecule has 2 heterocycles. The summed E-state index contributed by atoms with van der Waals surface area (Å²) in [6.07, 6.45) is 4.03. The third kappa shape index (κ3) is 1.73. The van der Waals surface area contributed by atoms with Crippen molar-refractivity contribution >= 4 is 0 Å². The summed E-state index contributed by atoms with van der Waals surface area (Å²) in [6, 6.07) is 21.1. The number of rotatable bonds is 1. The first kappa shape index (κ1) is 11.2. The van der Waals surface area contributed by atoms with Crippen LogP contribution in [0.25, 0.3) is 0 Å². The molecule has 0 amide bonds. The van der Waals surface area contributed by atoms with E-state index in [1.54, 1.807) is 5.56 Å². The van der Waals surface area contributed by atoms with Crippen molar-refractivity contribution in [1.82, 2.24) is 4.90 Å². The molecule has 1 fully saturated rings. The van der Waals surface area contributed by atoms with E-state index in [1.165, 1.54) is 36.9 Å². The first-order valence-electron chi connectivity index (χ1n) is 7.34. The molecule has 0 radical (unpaired) electrons. The van der Waals surface area contributed by atoms with Gasteiger partial charge in [-0.15, -0.1) is 0 Å². The van der Waals surface area contributed by atoms with E-state index >= 15 is 0 Å². The van der Waals surface area contributed by atoms with Crippen LogP contribution in [0.2, 0.25) is 0 Å². The molecule has 2 aliphatic heterocycles. The summed E-state index contributed by atoms with van der Waals surface area (Å²) < 4.78 is 0. The van der Waals surface area contributed by atoms with Gasteiger partial charge in [0.15, 0.2) is 0 Å². The molecule has 2 aromatic rings. The Morgan fingerprint density at radius 2 is 1.53 bits per heavy atom. The van der Waals surface area contributed by atoms with Crippen molar-refractivity contribution in [2.24, 2.45) is 0 Å². The lowest BCUT2D eigenvalue weighted by Gasteiger charge is -2.34. The highest BCUT2D eigenvalue weighted by atomic mass is 15.2. The van der Waals surface area contributed by atoms with Crippen LogP contribution in [0.4, 0.5) is 0 Å². The van der Waals surface area contributed by atoms with Crippen molar-refractivity contribution in [3.8, 4) is 0 Å². The molecule has 2 aliphatic rings. The van der Waals surface area contributed by atoms with E-state index in [0.29, 0.717) is 12.1 Å². The van der Waals surface area contributed by atoms with Crippen LogP contribution in [0.15, 0.2) is 54.6 Å². The summed E-state index contributed by atoms with van der Waals surface area (Å²) >= 11 is 0. The summed E-state index contributed by atoms with van der Waals surface area (Å²) in [7, 11) is 0. The van der Waals surface area contributed by atoms with E-state index in [0.717, 1.165) is 0 Å². The normalized spacial score (nSPS) is 25.9. The molecule has 2 atom stereocenters. The van der Waals surface area contributed by atoms with Crippen LogP contribution >= 0.6 is 0 Å². The number of hydrogen-bond donors (Lipinski definition) is 0. The summed E-state index contributed by atoms with van der Waals surface area (Å²) in [4.78, 5) is 2.71. The van der Waals surface area contributed by atoms with Crippen molar-refractivity contribution in [1.29, 1.82) is 0 Å². The minimum absolute atomic E-state index is 0.475. The van der Waals surface area contributed by atoms with Crippen LogP contribution in [-0.2, 0) is 0 Å². The second-order valence-corrected chi connectivity index (χ2v) is 5.69. The zero-order valence-corrected chi connectivity index (χ0v) is 11.1. The Bertz CT molecular complexity index is 575. The van der Waals surface area contributed by atoms with Gasteiger partial charge in [0.05, 0.1) is 6.04 Å². The molecule has 1 nitrogen and oxygen atoms in total. The van der Waals surface area contributed by atoms with Crippen LogP contribution in [0, 0.1) is 0 Å².